The van der Waals surface area contributed by atoms with Crippen molar-refractivity contribution in [2.75, 3.05) is 0 Å². The molecule has 0 heterocycles. The molecule has 102 valence electrons. The van der Waals surface area contributed by atoms with Crippen molar-refractivity contribution in [2.24, 2.45) is 0 Å². The van der Waals surface area contributed by atoms with E-state index in [4.69, 9.17) is 5.11 Å². The highest BCUT2D eigenvalue weighted by Gasteiger charge is 2.22. The van der Waals surface area contributed by atoms with Crippen LogP contribution in [0.15, 0.2) is 43.0 Å². The van der Waals surface area contributed by atoms with E-state index in [1.54, 1.807) is 13.0 Å². The summed E-state index contributed by atoms with van der Waals surface area (Å²) in [5.41, 5.74) is 0.868. The van der Waals surface area contributed by atoms with Crippen LogP contribution in [0.5, 0.6) is 0 Å². The van der Waals surface area contributed by atoms with Gasteiger partial charge in [0.1, 0.15) is 6.04 Å². The Kier molecular flexibility index (Phi) is 5.79. The number of hydrogen-bond acceptors (Lipinski definition) is 2. The summed E-state index contributed by atoms with van der Waals surface area (Å²) in [6.07, 6.45) is 2.55. The second-order valence-corrected chi connectivity index (χ2v) is 4.40. The summed E-state index contributed by atoms with van der Waals surface area (Å²) >= 11 is 0. The van der Waals surface area contributed by atoms with Crippen LogP contribution in [-0.2, 0) is 9.59 Å². The van der Waals surface area contributed by atoms with E-state index in [1.807, 2.05) is 30.3 Å². The molecule has 1 unspecified atom stereocenters. The van der Waals surface area contributed by atoms with Crippen LogP contribution in [0.4, 0.5) is 0 Å². The fraction of sp³-hybridized carbons (Fsp3) is 0.333. The molecule has 0 aliphatic carbocycles. The zero-order valence-corrected chi connectivity index (χ0v) is 11.0. The van der Waals surface area contributed by atoms with Crippen molar-refractivity contribution in [1.82, 2.24) is 5.32 Å². The minimum atomic E-state index is -1.02. The molecule has 1 aromatic rings. The Morgan fingerprint density at radius 1 is 1.37 bits per heavy atom. The number of carbonyl (C=O) groups excluding carboxylic acids is 1. The number of rotatable bonds is 7. The van der Waals surface area contributed by atoms with E-state index < -0.39 is 12.0 Å². The number of carbonyl (C=O) groups is 2. The Balaban J connectivity index is 2.66. The van der Waals surface area contributed by atoms with Crippen molar-refractivity contribution >= 4 is 11.9 Å². The normalized spacial score (nSPS) is 13.3. The molecule has 0 radical (unpaired) electrons. The van der Waals surface area contributed by atoms with Crippen LogP contribution in [0, 0.1) is 0 Å². The third kappa shape index (κ3) is 4.58. The fourth-order valence-corrected chi connectivity index (χ4v) is 1.73. The molecule has 1 aromatic carbocycles. The minimum Gasteiger partial charge on any atom is -0.480 e. The van der Waals surface area contributed by atoms with Gasteiger partial charge in [-0.05, 0) is 25.3 Å². The highest BCUT2D eigenvalue weighted by molar-refractivity contribution is 5.87. The Morgan fingerprint density at radius 3 is 2.53 bits per heavy atom. The average molecular weight is 261 g/mol. The number of amides is 1. The maximum absolute atomic E-state index is 12.0. The number of allylic oxidation sites excluding steroid dienone is 1. The molecular weight excluding hydrogens is 242 g/mol. The molecule has 0 bridgehead atoms. The lowest BCUT2D eigenvalue weighted by Gasteiger charge is -2.17. The summed E-state index contributed by atoms with van der Waals surface area (Å²) < 4.78 is 0. The van der Waals surface area contributed by atoms with E-state index in [1.165, 1.54) is 0 Å². The largest absolute Gasteiger partial charge is 0.480 e. The van der Waals surface area contributed by atoms with Gasteiger partial charge in [-0.2, -0.15) is 0 Å². The van der Waals surface area contributed by atoms with Gasteiger partial charge in [0.05, 0.1) is 5.92 Å². The molecule has 4 nitrogen and oxygen atoms in total. The summed E-state index contributed by atoms with van der Waals surface area (Å²) in [5, 5.41) is 11.6. The van der Waals surface area contributed by atoms with E-state index in [0.717, 1.165) is 5.56 Å². The number of nitrogens with one attached hydrogen (secondary N) is 1. The van der Waals surface area contributed by atoms with E-state index in [0.29, 0.717) is 12.8 Å². The van der Waals surface area contributed by atoms with Crippen molar-refractivity contribution in [3.8, 4) is 0 Å². The third-order valence-electron chi connectivity index (χ3n) is 2.97. The Morgan fingerprint density at radius 2 is 2.00 bits per heavy atom. The molecule has 1 rings (SSSR count). The topological polar surface area (TPSA) is 66.4 Å². The van der Waals surface area contributed by atoms with Crippen molar-refractivity contribution in [1.29, 1.82) is 0 Å². The second-order valence-electron chi connectivity index (χ2n) is 4.40. The molecule has 0 fully saturated rings. The van der Waals surface area contributed by atoms with Crippen molar-refractivity contribution in [3.05, 3.63) is 48.6 Å². The van der Waals surface area contributed by atoms with Gasteiger partial charge in [-0.1, -0.05) is 36.4 Å². The maximum atomic E-state index is 12.0. The molecule has 1 amide bonds. The summed E-state index contributed by atoms with van der Waals surface area (Å²) in [6, 6.07) is 8.42. The standard InChI is InChI=1S/C15H19NO3/c1-3-4-10-13(15(18)19)16-14(17)11(2)12-8-6-5-7-9-12/h3,5-9,11,13H,1,4,10H2,2H3,(H,16,17)(H,18,19)/t11-,13?/m1/s1. The van der Waals surface area contributed by atoms with Crippen LogP contribution >= 0.6 is 0 Å². The van der Waals surface area contributed by atoms with Gasteiger partial charge in [0.2, 0.25) is 5.91 Å². The maximum Gasteiger partial charge on any atom is 0.326 e. The molecule has 0 aliphatic rings. The zero-order chi connectivity index (χ0) is 14.3. The quantitative estimate of drug-likeness (QED) is 0.740. The number of carboxylic acid groups (broad SMARTS) is 1. The minimum absolute atomic E-state index is 0.275. The van der Waals surface area contributed by atoms with Gasteiger partial charge in [-0.3, -0.25) is 4.79 Å². The predicted molar refractivity (Wildman–Crippen MR) is 73.9 cm³/mol. The second kappa shape index (κ2) is 7.36. The zero-order valence-electron chi connectivity index (χ0n) is 11.0. The van der Waals surface area contributed by atoms with Crippen molar-refractivity contribution in [3.63, 3.8) is 0 Å². The van der Waals surface area contributed by atoms with Gasteiger partial charge >= 0.3 is 5.97 Å². The number of carboxylic acids is 1. The molecule has 0 saturated heterocycles. The van der Waals surface area contributed by atoms with Gasteiger partial charge in [-0.15, -0.1) is 6.58 Å². The van der Waals surface area contributed by atoms with E-state index in [9.17, 15) is 9.59 Å². The molecular formula is C15H19NO3. The number of benzene rings is 1. The Labute approximate surface area is 113 Å². The van der Waals surface area contributed by atoms with E-state index in [-0.39, 0.29) is 11.8 Å². The first kappa shape index (κ1) is 15.0. The third-order valence-corrected chi connectivity index (χ3v) is 2.97. The first-order valence-corrected chi connectivity index (χ1v) is 6.25. The van der Waals surface area contributed by atoms with Gasteiger partial charge in [0.15, 0.2) is 0 Å². The smallest absolute Gasteiger partial charge is 0.326 e. The van der Waals surface area contributed by atoms with E-state index >= 15 is 0 Å². The molecule has 0 saturated carbocycles. The van der Waals surface area contributed by atoms with Crippen molar-refractivity contribution in [2.45, 2.75) is 31.7 Å². The summed E-state index contributed by atoms with van der Waals surface area (Å²) in [5.74, 6) is -1.66. The van der Waals surface area contributed by atoms with E-state index in [2.05, 4.69) is 11.9 Å². The van der Waals surface area contributed by atoms with Crippen LogP contribution in [-0.4, -0.2) is 23.0 Å². The van der Waals surface area contributed by atoms with Crippen molar-refractivity contribution < 1.29 is 14.7 Å². The van der Waals surface area contributed by atoms with Gasteiger partial charge in [0.25, 0.3) is 0 Å². The first-order chi connectivity index (χ1) is 9.06. The molecule has 4 heteroatoms. The molecule has 0 aromatic heterocycles. The first-order valence-electron chi connectivity index (χ1n) is 6.25. The van der Waals surface area contributed by atoms with Gasteiger partial charge < -0.3 is 10.4 Å². The lowest BCUT2D eigenvalue weighted by atomic mass is 10.00. The van der Waals surface area contributed by atoms with Crippen LogP contribution in [0.2, 0.25) is 0 Å². The average Bonchev–Trinajstić information content (AvgIpc) is 2.43. The summed E-state index contributed by atoms with van der Waals surface area (Å²) in [6.45, 7) is 5.31. The molecule has 19 heavy (non-hydrogen) atoms. The predicted octanol–water partition coefficient (Wildman–Crippen LogP) is 2.33. The lowest BCUT2D eigenvalue weighted by Crippen LogP contribution is -2.42. The highest BCUT2D eigenvalue weighted by atomic mass is 16.4. The van der Waals surface area contributed by atoms with Crippen LogP contribution < -0.4 is 5.32 Å². The fourth-order valence-electron chi connectivity index (χ4n) is 1.73. The monoisotopic (exact) mass is 261 g/mol. The lowest BCUT2D eigenvalue weighted by molar-refractivity contribution is -0.142. The molecule has 0 spiro atoms. The summed E-state index contributed by atoms with van der Waals surface area (Å²) in [7, 11) is 0. The Hall–Kier alpha value is -2.10. The SMILES string of the molecule is C=CCCC(NC(=O)[C@H](C)c1ccccc1)C(=O)O. The number of aliphatic carboxylic acids is 1. The molecule has 2 atom stereocenters. The van der Waals surface area contributed by atoms with Gasteiger partial charge in [-0.25, -0.2) is 4.79 Å². The van der Waals surface area contributed by atoms with Gasteiger partial charge in [0, 0.05) is 0 Å². The highest BCUT2D eigenvalue weighted by Crippen LogP contribution is 2.15. The molecule has 2 N–H and O–H groups in total. The number of hydrogen-bond donors (Lipinski definition) is 2. The Bertz CT molecular complexity index is 442. The van der Waals surface area contributed by atoms with Crippen LogP contribution in [0.3, 0.4) is 0 Å². The van der Waals surface area contributed by atoms with Crippen LogP contribution in [0.1, 0.15) is 31.2 Å². The summed E-state index contributed by atoms with van der Waals surface area (Å²) in [4.78, 5) is 23.1. The van der Waals surface area contributed by atoms with Crippen LogP contribution in [0.25, 0.3) is 0 Å². The molecule has 0 aliphatic heterocycles.